The molecule has 0 atom stereocenters. The van der Waals surface area contributed by atoms with Crippen LogP contribution in [0.1, 0.15) is 11.6 Å². The summed E-state index contributed by atoms with van der Waals surface area (Å²) in [6.07, 6.45) is 1.94. The van der Waals surface area contributed by atoms with E-state index in [1.165, 1.54) is 18.2 Å². The largest absolute Gasteiger partial charge is 0.323 e. The molecule has 0 saturated heterocycles. The summed E-state index contributed by atoms with van der Waals surface area (Å²) in [5.41, 5.74) is 0.590. The summed E-state index contributed by atoms with van der Waals surface area (Å²) in [6, 6.07) is 4.35. The van der Waals surface area contributed by atoms with Gasteiger partial charge in [-0.15, -0.1) is 0 Å². The Bertz CT molecular complexity index is 988. The van der Waals surface area contributed by atoms with E-state index in [9.17, 15) is 13.2 Å². The van der Waals surface area contributed by atoms with Gasteiger partial charge in [0.2, 0.25) is 10.0 Å². The van der Waals surface area contributed by atoms with Gasteiger partial charge in [0, 0.05) is 0 Å². The molecular weight excluding hydrogens is 340 g/mol. The molecule has 3 aromatic rings. The second kappa shape index (κ2) is 6.18. The van der Waals surface area contributed by atoms with Crippen molar-refractivity contribution in [2.75, 3.05) is 6.26 Å². The second-order valence-electron chi connectivity index (χ2n) is 4.74. The van der Waals surface area contributed by atoms with E-state index in [1.54, 1.807) is 11.8 Å². The number of aromatic amines is 3. The lowest BCUT2D eigenvalue weighted by Gasteiger charge is -2.04. The van der Waals surface area contributed by atoms with Gasteiger partial charge in [-0.3, -0.25) is 5.10 Å². The van der Waals surface area contributed by atoms with Gasteiger partial charge in [0.15, 0.2) is 5.82 Å². The third kappa shape index (κ3) is 3.46. The fourth-order valence-corrected chi connectivity index (χ4v) is 3.45. The third-order valence-electron chi connectivity index (χ3n) is 3.08. The number of fused-ring (bicyclic) bond motifs is 1. The van der Waals surface area contributed by atoms with E-state index in [1.807, 2.05) is 6.26 Å². The Morgan fingerprint density at radius 3 is 2.83 bits per heavy atom. The van der Waals surface area contributed by atoms with Crippen LogP contribution in [0.5, 0.6) is 0 Å². The summed E-state index contributed by atoms with van der Waals surface area (Å²) in [7, 11) is -3.73. The average molecular weight is 354 g/mol. The lowest BCUT2D eigenvalue weighted by Crippen LogP contribution is -2.23. The first kappa shape index (κ1) is 15.8. The molecule has 4 N–H and O–H groups in total. The predicted octanol–water partition coefficient (Wildman–Crippen LogP) is 0.316. The van der Waals surface area contributed by atoms with Crippen molar-refractivity contribution in [2.45, 2.75) is 17.2 Å². The van der Waals surface area contributed by atoms with Crippen LogP contribution in [0.3, 0.4) is 0 Å². The van der Waals surface area contributed by atoms with Crippen LogP contribution in [-0.4, -0.2) is 39.8 Å². The molecule has 0 radical (unpaired) electrons. The number of rotatable bonds is 6. The fraction of sp³-hybridized carbons (Fsp3) is 0.250. The maximum Gasteiger partial charge on any atom is 0.323 e. The van der Waals surface area contributed by atoms with Crippen LogP contribution >= 0.6 is 11.8 Å². The van der Waals surface area contributed by atoms with Gasteiger partial charge in [0.25, 0.3) is 0 Å². The molecule has 122 valence electrons. The minimum absolute atomic E-state index is 0.0189. The molecule has 0 saturated carbocycles. The molecule has 9 nitrogen and oxygen atoms in total. The highest BCUT2D eigenvalue weighted by molar-refractivity contribution is 7.97. The maximum atomic E-state index is 12.3. The Balaban J connectivity index is 1.77. The highest BCUT2D eigenvalue weighted by Crippen LogP contribution is 2.15. The van der Waals surface area contributed by atoms with Crippen molar-refractivity contribution in [3.8, 4) is 0 Å². The molecule has 0 unspecified atom stereocenters. The smallest absolute Gasteiger partial charge is 0.306 e. The Labute approximate surface area is 135 Å². The molecule has 11 heteroatoms. The van der Waals surface area contributed by atoms with Crippen molar-refractivity contribution in [1.29, 1.82) is 0 Å². The first-order valence-electron chi connectivity index (χ1n) is 6.59. The lowest BCUT2D eigenvalue weighted by molar-refractivity contribution is 0.579. The Morgan fingerprint density at radius 2 is 2.04 bits per heavy atom. The van der Waals surface area contributed by atoms with Crippen LogP contribution in [0.25, 0.3) is 11.0 Å². The third-order valence-corrected chi connectivity index (χ3v) is 5.04. The summed E-state index contributed by atoms with van der Waals surface area (Å²) in [4.78, 5) is 20.5. The number of nitrogens with zero attached hydrogens (tertiary/aromatic N) is 2. The van der Waals surface area contributed by atoms with Gasteiger partial charge in [-0.1, -0.05) is 0 Å². The van der Waals surface area contributed by atoms with E-state index in [4.69, 9.17) is 0 Å². The number of nitrogens with one attached hydrogen (secondary N) is 4. The van der Waals surface area contributed by atoms with Gasteiger partial charge in [0.1, 0.15) is 5.82 Å². The SMILES string of the molecule is CSCc1nc(CNS(=O)(=O)c2ccc3[nH]c(=O)[nH]c3c2)n[nH]1. The minimum atomic E-state index is -3.73. The molecule has 3 rings (SSSR count). The van der Waals surface area contributed by atoms with Gasteiger partial charge in [-0.05, 0) is 24.5 Å². The number of imidazole rings is 1. The predicted molar refractivity (Wildman–Crippen MR) is 86.5 cm³/mol. The number of hydrogen-bond acceptors (Lipinski definition) is 6. The van der Waals surface area contributed by atoms with Gasteiger partial charge < -0.3 is 9.97 Å². The minimum Gasteiger partial charge on any atom is -0.306 e. The van der Waals surface area contributed by atoms with E-state index in [0.29, 0.717) is 28.4 Å². The molecular formula is C12H14N6O3S2. The number of hydrogen-bond donors (Lipinski definition) is 4. The van der Waals surface area contributed by atoms with Crippen molar-refractivity contribution in [3.05, 3.63) is 40.3 Å². The van der Waals surface area contributed by atoms with Crippen molar-refractivity contribution < 1.29 is 8.42 Å². The standard InChI is InChI=1S/C12H14N6O3S2/c1-22-6-11-16-10(17-18-11)5-13-23(20,21)7-2-3-8-9(4-7)15-12(19)14-8/h2-4,13H,5-6H2,1H3,(H2,14,15,19)(H,16,17,18). The zero-order valence-corrected chi connectivity index (χ0v) is 13.7. The first-order chi connectivity index (χ1) is 11.0. The lowest BCUT2D eigenvalue weighted by atomic mass is 10.3. The molecule has 0 amide bonds. The van der Waals surface area contributed by atoms with Crippen LogP contribution in [-0.2, 0) is 22.3 Å². The van der Waals surface area contributed by atoms with Crippen LogP contribution in [0.15, 0.2) is 27.9 Å². The van der Waals surface area contributed by atoms with Crippen molar-refractivity contribution in [3.63, 3.8) is 0 Å². The molecule has 0 bridgehead atoms. The molecule has 2 heterocycles. The number of sulfonamides is 1. The van der Waals surface area contributed by atoms with E-state index in [-0.39, 0.29) is 17.1 Å². The Hall–Kier alpha value is -2.11. The van der Waals surface area contributed by atoms with E-state index in [2.05, 4.69) is 29.9 Å². The topological polar surface area (TPSA) is 136 Å². The maximum absolute atomic E-state index is 12.3. The number of aromatic nitrogens is 5. The summed E-state index contributed by atoms with van der Waals surface area (Å²) in [6.45, 7) is -0.0189. The molecule has 0 fully saturated rings. The highest BCUT2D eigenvalue weighted by Gasteiger charge is 2.16. The molecule has 1 aromatic carbocycles. The van der Waals surface area contributed by atoms with E-state index >= 15 is 0 Å². The van der Waals surface area contributed by atoms with Crippen molar-refractivity contribution in [2.24, 2.45) is 0 Å². The number of thioether (sulfide) groups is 1. The molecule has 0 aliphatic heterocycles. The normalized spacial score (nSPS) is 12.0. The summed E-state index contributed by atoms with van der Waals surface area (Å²) < 4.78 is 27.0. The average Bonchev–Trinajstić information content (AvgIpc) is 3.10. The Kier molecular flexibility index (Phi) is 4.24. The van der Waals surface area contributed by atoms with Crippen molar-refractivity contribution >= 4 is 32.8 Å². The van der Waals surface area contributed by atoms with E-state index < -0.39 is 10.0 Å². The molecule has 23 heavy (non-hydrogen) atoms. The highest BCUT2D eigenvalue weighted by atomic mass is 32.2. The molecule has 2 aromatic heterocycles. The number of benzene rings is 1. The molecule has 0 aliphatic rings. The van der Waals surface area contributed by atoms with Gasteiger partial charge >= 0.3 is 5.69 Å². The summed E-state index contributed by atoms with van der Waals surface area (Å²) in [5.74, 6) is 1.74. The summed E-state index contributed by atoms with van der Waals surface area (Å²) >= 11 is 1.59. The van der Waals surface area contributed by atoms with E-state index in [0.717, 1.165) is 0 Å². The monoisotopic (exact) mass is 354 g/mol. The first-order valence-corrected chi connectivity index (χ1v) is 9.46. The summed E-state index contributed by atoms with van der Waals surface area (Å²) in [5, 5.41) is 6.70. The Morgan fingerprint density at radius 1 is 1.26 bits per heavy atom. The van der Waals surface area contributed by atoms with Crippen LogP contribution in [0.4, 0.5) is 0 Å². The fourth-order valence-electron chi connectivity index (χ4n) is 2.04. The number of H-pyrrole nitrogens is 3. The molecule has 0 spiro atoms. The van der Waals surface area contributed by atoms with Gasteiger partial charge in [-0.2, -0.15) is 16.9 Å². The zero-order chi connectivity index (χ0) is 16.4. The zero-order valence-electron chi connectivity index (χ0n) is 12.1. The van der Waals surface area contributed by atoms with Gasteiger partial charge in [-0.25, -0.2) is 22.9 Å². The van der Waals surface area contributed by atoms with Crippen LogP contribution < -0.4 is 10.4 Å². The second-order valence-corrected chi connectivity index (χ2v) is 7.38. The van der Waals surface area contributed by atoms with Crippen molar-refractivity contribution in [1.82, 2.24) is 29.9 Å². The quantitative estimate of drug-likeness (QED) is 0.503. The molecule has 0 aliphatic carbocycles. The van der Waals surface area contributed by atoms with Gasteiger partial charge in [0.05, 0.1) is 28.2 Å². The van der Waals surface area contributed by atoms with Crippen LogP contribution in [0.2, 0.25) is 0 Å². The van der Waals surface area contributed by atoms with Crippen LogP contribution in [0, 0.1) is 0 Å².